The number of nitrogens with one attached hydrogen (secondary N) is 1. The van der Waals surface area contributed by atoms with Gasteiger partial charge in [0.25, 0.3) is 5.91 Å². The minimum atomic E-state index is -0.101. The number of nitrogens with two attached hydrogens (primary N) is 1. The van der Waals surface area contributed by atoms with Crippen LogP contribution in [-0.2, 0) is 0 Å². The second kappa shape index (κ2) is 5.13. The molecule has 2 aromatic rings. The highest BCUT2D eigenvalue weighted by atomic mass is 32.1. The van der Waals surface area contributed by atoms with E-state index in [1.807, 2.05) is 0 Å². The van der Waals surface area contributed by atoms with Gasteiger partial charge in [-0.1, -0.05) is 12.8 Å². The molecular weight excluding hydrogens is 260 g/mol. The fraction of sp³-hybridized carbons (Fsp3) is 0.462. The van der Waals surface area contributed by atoms with Crippen LogP contribution in [0.4, 0.5) is 5.69 Å². The Morgan fingerprint density at radius 3 is 3.11 bits per heavy atom. The van der Waals surface area contributed by atoms with Gasteiger partial charge >= 0.3 is 0 Å². The molecule has 3 rings (SSSR count). The summed E-state index contributed by atoms with van der Waals surface area (Å²) in [6.07, 6.45) is 6.56. The van der Waals surface area contributed by atoms with Gasteiger partial charge in [-0.15, -0.1) is 16.4 Å². The van der Waals surface area contributed by atoms with Crippen LogP contribution in [-0.4, -0.2) is 22.6 Å². The lowest BCUT2D eigenvalue weighted by atomic mass is 10.2. The number of rotatable bonds is 5. The molecule has 100 valence electrons. The molecule has 1 aliphatic rings. The van der Waals surface area contributed by atoms with E-state index in [2.05, 4.69) is 15.5 Å². The van der Waals surface area contributed by atoms with E-state index < -0.39 is 0 Å². The van der Waals surface area contributed by atoms with Crippen LogP contribution >= 0.6 is 11.3 Å². The van der Waals surface area contributed by atoms with Gasteiger partial charge < -0.3 is 11.1 Å². The predicted molar refractivity (Wildman–Crippen MR) is 76.1 cm³/mol. The second-order valence-corrected chi connectivity index (χ2v) is 5.94. The fourth-order valence-corrected chi connectivity index (χ4v) is 3.08. The summed E-state index contributed by atoms with van der Waals surface area (Å²) in [6.45, 7) is 0.717. The molecule has 1 fully saturated rings. The molecule has 6 heteroatoms. The molecule has 1 amide bonds. The van der Waals surface area contributed by atoms with Crippen LogP contribution in [0.2, 0.25) is 0 Å². The van der Waals surface area contributed by atoms with Crippen LogP contribution in [0.15, 0.2) is 12.3 Å². The maximum absolute atomic E-state index is 12.1. The number of carbonyl (C=O) groups is 1. The first kappa shape index (κ1) is 12.3. The highest BCUT2D eigenvalue weighted by Crippen LogP contribution is 2.33. The van der Waals surface area contributed by atoms with E-state index in [0.29, 0.717) is 21.9 Å². The van der Waals surface area contributed by atoms with Gasteiger partial charge in [-0.3, -0.25) is 4.79 Å². The van der Waals surface area contributed by atoms with Crippen LogP contribution in [0.5, 0.6) is 0 Å². The Bertz CT molecular complexity index is 606. The van der Waals surface area contributed by atoms with Crippen molar-refractivity contribution in [1.82, 2.24) is 15.5 Å². The van der Waals surface area contributed by atoms with E-state index in [0.717, 1.165) is 17.7 Å². The van der Waals surface area contributed by atoms with Crippen LogP contribution in [0, 0.1) is 5.92 Å². The fourth-order valence-electron chi connectivity index (χ4n) is 2.12. The molecule has 19 heavy (non-hydrogen) atoms. The predicted octanol–water partition coefficient (Wildman–Crippen LogP) is 2.19. The highest BCUT2D eigenvalue weighted by molar-refractivity contribution is 7.21. The topological polar surface area (TPSA) is 80.9 Å². The Labute approximate surface area is 115 Å². The smallest absolute Gasteiger partial charge is 0.263 e. The summed E-state index contributed by atoms with van der Waals surface area (Å²) < 4.78 is 0. The molecule has 0 radical (unpaired) electrons. The first-order valence-corrected chi connectivity index (χ1v) is 7.35. The summed E-state index contributed by atoms with van der Waals surface area (Å²) >= 11 is 1.30. The van der Waals surface area contributed by atoms with Crippen molar-refractivity contribution in [2.45, 2.75) is 25.7 Å². The molecule has 0 aromatic carbocycles. The maximum Gasteiger partial charge on any atom is 0.263 e. The summed E-state index contributed by atoms with van der Waals surface area (Å²) in [6, 6.07) is 1.79. The van der Waals surface area contributed by atoms with E-state index in [1.54, 1.807) is 12.3 Å². The molecule has 2 aromatic heterocycles. The van der Waals surface area contributed by atoms with Gasteiger partial charge in [0.1, 0.15) is 9.71 Å². The lowest BCUT2D eigenvalue weighted by Gasteiger charge is -2.03. The molecular formula is C13H16N4OS. The summed E-state index contributed by atoms with van der Waals surface area (Å²) in [5.41, 5.74) is 6.49. The maximum atomic E-state index is 12.1. The molecule has 3 N–H and O–H groups in total. The number of hydrogen-bond acceptors (Lipinski definition) is 5. The number of aromatic nitrogens is 2. The van der Waals surface area contributed by atoms with Crippen molar-refractivity contribution >= 4 is 33.1 Å². The van der Waals surface area contributed by atoms with Gasteiger partial charge in [0.15, 0.2) is 0 Å². The van der Waals surface area contributed by atoms with Gasteiger partial charge in [-0.2, -0.15) is 5.10 Å². The van der Waals surface area contributed by atoms with E-state index in [-0.39, 0.29) is 5.91 Å². The van der Waals surface area contributed by atoms with Crippen molar-refractivity contribution in [3.8, 4) is 0 Å². The average Bonchev–Trinajstić information content (AvgIpc) is 3.19. The number of hydrogen-bond donors (Lipinski definition) is 2. The zero-order valence-corrected chi connectivity index (χ0v) is 11.4. The standard InChI is InChI=1S/C13H16N4OS/c14-10-9-5-7-16-17-13(9)19-11(10)12(18)15-6-1-2-8-3-4-8/h5,7-8H,1-4,6,14H2,(H,15,18). The summed E-state index contributed by atoms with van der Waals surface area (Å²) in [7, 11) is 0. The molecule has 0 unspecified atom stereocenters. The first-order chi connectivity index (χ1) is 9.25. The van der Waals surface area contributed by atoms with Gasteiger partial charge in [0.05, 0.1) is 11.9 Å². The molecule has 0 bridgehead atoms. The lowest BCUT2D eigenvalue weighted by Crippen LogP contribution is -2.24. The zero-order chi connectivity index (χ0) is 13.2. The van der Waals surface area contributed by atoms with E-state index in [4.69, 9.17) is 5.73 Å². The van der Waals surface area contributed by atoms with Crippen LogP contribution in [0.1, 0.15) is 35.4 Å². The molecule has 2 heterocycles. The van der Waals surface area contributed by atoms with Crippen LogP contribution in [0.25, 0.3) is 10.2 Å². The number of carbonyl (C=O) groups excluding carboxylic acids is 1. The number of nitrogens with zero attached hydrogens (tertiary/aromatic N) is 2. The summed E-state index contributed by atoms with van der Waals surface area (Å²) in [4.78, 5) is 13.3. The van der Waals surface area contributed by atoms with Crippen molar-refractivity contribution < 1.29 is 4.79 Å². The Morgan fingerprint density at radius 2 is 2.37 bits per heavy atom. The minimum Gasteiger partial charge on any atom is -0.397 e. The highest BCUT2D eigenvalue weighted by Gasteiger charge is 2.21. The van der Waals surface area contributed by atoms with Gasteiger partial charge in [0.2, 0.25) is 0 Å². The lowest BCUT2D eigenvalue weighted by molar-refractivity contribution is 0.0957. The second-order valence-electron chi connectivity index (χ2n) is 4.94. The van der Waals surface area contributed by atoms with Gasteiger partial charge in [0, 0.05) is 11.9 Å². The third kappa shape index (κ3) is 2.68. The van der Waals surface area contributed by atoms with Crippen molar-refractivity contribution in [3.05, 3.63) is 17.1 Å². The largest absolute Gasteiger partial charge is 0.397 e. The van der Waals surface area contributed by atoms with Crippen LogP contribution in [0.3, 0.4) is 0 Å². The van der Waals surface area contributed by atoms with Crippen molar-refractivity contribution in [2.24, 2.45) is 5.92 Å². The Balaban J connectivity index is 1.65. The first-order valence-electron chi connectivity index (χ1n) is 6.53. The van der Waals surface area contributed by atoms with E-state index >= 15 is 0 Å². The number of thiophene rings is 1. The third-order valence-electron chi connectivity index (χ3n) is 3.40. The number of nitrogen functional groups attached to an aromatic ring is 1. The average molecular weight is 276 g/mol. The van der Waals surface area contributed by atoms with Crippen molar-refractivity contribution in [2.75, 3.05) is 12.3 Å². The number of amides is 1. The van der Waals surface area contributed by atoms with Gasteiger partial charge in [-0.05, 0) is 24.8 Å². The normalized spacial score (nSPS) is 14.7. The molecule has 0 saturated heterocycles. The third-order valence-corrected chi connectivity index (χ3v) is 4.50. The molecule has 0 aliphatic heterocycles. The van der Waals surface area contributed by atoms with Crippen molar-refractivity contribution in [1.29, 1.82) is 0 Å². The van der Waals surface area contributed by atoms with E-state index in [1.165, 1.54) is 30.6 Å². The molecule has 0 spiro atoms. The Hall–Kier alpha value is -1.69. The summed E-state index contributed by atoms with van der Waals surface area (Å²) in [5.74, 6) is 0.804. The molecule has 0 atom stereocenters. The Morgan fingerprint density at radius 1 is 1.53 bits per heavy atom. The Kier molecular flexibility index (Phi) is 3.33. The summed E-state index contributed by atoms with van der Waals surface area (Å²) in [5, 5.41) is 11.5. The number of anilines is 1. The monoisotopic (exact) mass is 276 g/mol. The van der Waals surface area contributed by atoms with Gasteiger partial charge in [-0.25, -0.2) is 0 Å². The quantitative estimate of drug-likeness (QED) is 0.820. The zero-order valence-electron chi connectivity index (χ0n) is 10.6. The molecule has 1 saturated carbocycles. The van der Waals surface area contributed by atoms with Crippen molar-refractivity contribution in [3.63, 3.8) is 0 Å². The number of fused-ring (bicyclic) bond motifs is 1. The van der Waals surface area contributed by atoms with Crippen LogP contribution < -0.4 is 11.1 Å². The molecule has 1 aliphatic carbocycles. The minimum absolute atomic E-state index is 0.101. The molecule has 5 nitrogen and oxygen atoms in total. The van der Waals surface area contributed by atoms with E-state index in [9.17, 15) is 4.79 Å². The SMILES string of the molecule is Nc1c(C(=O)NCCCC2CC2)sc2nnccc12.